The van der Waals surface area contributed by atoms with Crippen LogP contribution in [0.15, 0.2) is 11.1 Å². The van der Waals surface area contributed by atoms with Gasteiger partial charge >= 0.3 is 5.97 Å². The van der Waals surface area contributed by atoms with Crippen LogP contribution in [-0.4, -0.2) is 26.6 Å². The molecule has 2 rings (SSSR count). The third-order valence-corrected chi connectivity index (χ3v) is 4.34. The molecule has 1 fully saturated rings. The molecule has 0 saturated heterocycles. The summed E-state index contributed by atoms with van der Waals surface area (Å²) in [7, 11) is 0. The number of carboxylic acids is 1. The Labute approximate surface area is 112 Å². The van der Waals surface area contributed by atoms with Crippen molar-refractivity contribution in [3.05, 3.63) is 11.8 Å². The number of carbonyl (C=O) groups is 1. The van der Waals surface area contributed by atoms with Gasteiger partial charge in [-0.2, -0.15) is 5.10 Å². The van der Waals surface area contributed by atoms with Gasteiger partial charge in [0, 0.05) is 0 Å². The maximum atomic E-state index is 10.7. The lowest BCUT2D eigenvalue weighted by Gasteiger charge is -2.14. The van der Waals surface area contributed by atoms with E-state index in [1.807, 2.05) is 10.7 Å². The minimum absolute atomic E-state index is 0.0978. The van der Waals surface area contributed by atoms with Crippen molar-refractivity contribution in [3.63, 3.8) is 0 Å². The first-order valence-electron chi connectivity index (χ1n) is 6.43. The molecule has 1 N–H and O–H groups in total. The fourth-order valence-corrected chi connectivity index (χ4v) is 2.81. The standard InChI is InChI=1S/C13H20N2O2S/c1-8(2)11-6-12(18-7-13(16)17)15(14-11)9(3)10-4-5-10/h6,8-10H,4-5,7H2,1-3H3,(H,16,17). The first-order valence-corrected chi connectivity index (χ1v) is 7.41. The molecule has 0 bridgehead atoms. The van der Waals surface area contributed by atoms with Gasteiger partial charge in [-0.3, -0.25) is 9.48 Å². The lowest BCUT2D eigenvalue weighted by Crippen LogP contribution is -2.11. The number of nitrogens with zero attached hydrogens (tertiary/aromatic N) is 2. The lowest BCUT2D eigenvalue weighted by molar-refractivity contribution is -0.133. The van der Waals surface area contributed by atoms with Crippen molar-refractivity contribution < 1.29 is 9.90 Å². The van der Waals surface area contributed by atoms with E-state index >= 15 is 0 Å². The van der Waals surface area contributed by atoms with E-state index in [1.165, 1.54) is 24.6 Å². The summed E-state index contributed by atoms with van der Waals surface area (Å²) in [6.45, 7) is 6.40. The van der Waals surface area contributed by atoms with E-state index < -0.39 is 5.97 Å². The summed E-state index contributed by atoms with van der Waals surface area (Å²) in [6, 6.07) is 2.42. The van der Waals surface area contributed by atoms with Crippen molar-refractivity contribution in [2.24, 2.45) is 5.92 Å². The molecular weight excluding hydrogens is 248 g/mol. The molecule has 1 atom stereocenters. The lowest BCUT2D eigenvalue weighted by atomic mass is 10.1. The maximum Gasteiger partial charge on any atom is 0.313 e. The maximum absolute atomic E-state index is 10.7. The topological polar surface area (TPSA) is 55.1 Å². The molecule has 100 valence electrons. The van der Waals surface area contributed by atoms with Gasteiger partial charge in [-0.15, -0.1) is 0 Å². The average molecular weight is 268 g/mol. The van der Waals surface area contributed by atoms with Crippen LogP contribution in [0.5, 0.6) is 0 Å². The highest BCUT2D eigenvalue weighted by Crippen LogP contribution is 2.41. The highest BCUT2D eigenvalue weighted by Gasteiger charge is 2.31. The number of aromatic nitrogens is 2. The zero-order valence-corrected chi connectivity index (χ0v) is 11.9. The van der Waals surface area contributed by atoms with Crippen molar-refractivity contribution >= 4 is 17.7 Å². The Kier molecular flexibility index (Phi) is 4.00. The minimum Gasteiger partial charge on any atom is -0.481 e. The second-order valence-corrected chi connectivity index (χ2v) is 6.26. The van der Waals surface area contributed by atoms with Gasteiger partial charge in [-0.1, -0.05) is 25.6 Å². The summed E-state index contributed by atoms with van der Waals surface area (Å²) in [6.07, 6.45) is 2.53. The van der Waals surface area contributed by atoms with Crippen LogP contribution in [0.1, 0.15) is 51.3 Å². The van der Waals surface area contributed by atoms with Crippen LogP contribution in [0.2, 0.25) is 0 Å². The molecule has 18 heavy (non-hydrogen) atoms. The Balaban J connectivity index is 2.20. The molecule has 1 saturated carbocycles. The monoisotopic (exact) mass is 268 g/mol. The molecule has 1 aliphatic rings. The molecule has 1 unspecified atom stereocenters. The van der Waals surface area contributed by atoms with Crippen molar-refractivity contribution in [1.29, 1.82) is 0 Å². The smallest absolute Gasteiger partial charge is 0.313 e. The summed E-state index contributed by atoms with van der Waals surface area (Å²) in [5.41, 5.74) is 1.05. The van der Waals surface area contributed by atoms with Gasteiger partial charge < -0.3 is 5.11 Å². The molecule has 1 aromatic rings. The fourth-order valence-electron chi connectivity index (χ4n) is 1.99. The predicted molar refractivity (Wildman–Crippen MR) is 72.1 cm³/mol. The highest BCUT2D eigenvalue weighted by atomic mass is 32.2. The third-order valence-electron chi connectivity index (χ3n) is 3.35. The zero-order chi connectivity index (χ0) is 13.3. The van der Waals surface area contributed by atoms with Crippen LogP contribution >= 0.6 is 11.8 Å². The first-order chi connectivity index (χ1) is 8.49. The van der Waals surface area contributed by atoms with Crippen LogP contribution in [0.4, 0.5) is 0 Å². The molecular formula is C13H20N2O2S. The molecule has 4 nitrogen and oxygen atoms in total. The largest absolute Gasteiger partial charge is 0.481 e. The normalized spacial score (nSPS) is 17.1. The van der Waals surface area contributed by atoms with E-state index in [2.05, 4.69) is 25.9 Å². The zero-order valence-electron chi connectivity index (χ0n) is 11.1. The van der Waals surface area contributed by atoms with Crippen molar-refractivity contribution in [2.75, 3.05) is 5.75 Å². The number of rotatable bonds is 6. The summed E-state index contributed by atoms with van der Waals surface area (Å²) >= 11 is 1.37. The molecule has 1 heterocycles. The second kappa shape index (κ2) is 5.34. The summed E-state index contributed by atoms with van der Waals surface area (Å²) < 4.78 is 2.03. The molecule has 5 heteroatoms. The first kappa shape index (κ1) is 13.5. The van der Waals surface area contributed by atoms with E-state index in [9.17, 15) is 4.79 Å². The molecule has 0 radical (unpaired) electrons. The minimum atomic E-state index is -0.780. The number of aliphatic carboxylic acids is 1. The quantitative estimate of drug-likeness (QED) is 0.805. The molecule has 1 aromatic heterocycles. The van der Waals surface area contributed by atoms with Gasteiger partial charge in [0.2, 0.25) is 0 Å². The fraction of sp³-hybridized carbons (Fsp3) is 0.692. The van der Waals surface area contributed by atoms with Gasteiger partial charge in [0.1, 0.15) is 0 Å². The Morgan fingerprint density at radius 1 is 1.56 bits per heavy atom. The summed E-state index contributed by atoms with van der Waals surface area (Å²) in [5.74, 6) is 0.412. The van der Waals surface area contributed by atoms with E-state index in [-0.39, 0.29) is 5.75 Å². The summed E-state index contributed by atoms with van der Waals surface area (Å²) in [4.78, 5) is 10.7. The SMILES string of the molecule is CC(C)c1cc(SCC(=O)O)n(C(C)C2CC2)n1. The van der Waals surface area contributed by atoms with Crippen LogP contribution in [0.3, 0.4) is 0 Å². The second-order valence-electron chi connectivity index (χ2n) is 5.27. The van der Waals surface area contributed by atoms with Gasteiger partial charge in [-0.25, -0.2) is 0 Å². The summed E-state index contributed by atoms with van der Waals surface area (Å²) in [5, 5.41) is 14.4. The van der Waals surface area contributed by atoms with E-state index in [0.29, 0.717) is 17.9 Å². The molecule has 0 spiro atoms. The number of carboxylic acid groups (broad SMARTS) is 1. The van der Waals surface area contributed by atoms with Gasteiger partial charge in [0.25, 0.3) is 0 Å². The molecule has 0 aliphatic heterocycles. The molecule has 0 amide bonds. The molecule has 0 aromatic carbocycles. The number of hydrogen-bond acceptors (Lipinski definition) is 3. The van der Waals surface area contributed by atoms with Gasteiger partial charge in [0.05, 0.1) is 22.5 Å². The van der Waals surface area contributed by atoms with Gasteiger partial charge in [0.15, 0.2) is 0 Å². The van der Waals surface area contributed by atoms with Crippen LogP contribution < -0.4 is 0 Å². The van der Waals surface area contributed by atoms with Crippen molar-refractivity contribution in [2.45, 2.75) is 50.6 Å². The van der Waals surface area contributed by atoms with E-state index in [1.54, 1.807) is 0 Å². The van der Waals surface area contributed by atoms with Crippen LogP contribution in [0.25, 0.3) is 0 Å². The Hall–Kier alpha value is -0.970. The van der Waals surface area contributed by atoms with Gasteiger partial charge in [-0.05, 0) is 37.7 Å². The Morgan fingerprint density at radius 3 is 2.72 bits per heavy atom. The van der Waals surface area contributed by atoms with E-state index in [0.717, 1.165) is 10.7 Å². The number of hydrogen-bond donors (Lipinski definition) is 1. The van der Waals surface area contributed by atoms with E-state index in [4.69, 9.17) is 5.11 Å². The van der Waals surface area contributed by atoms with Crippen molar-refractivity contribution in [1.82, 2.24) is 9.78 Å². The molecule has 1 aliphatic carbocycles. The predicted octanol–water partition coefficient (Wildman–Crippen LogP) is 3.15. The third kappa shape index (κ3) is 3.07. The van der Waals surface area contributed by atoms with Crippen LogP contribution in [0, 0.1) is 5.92 Å². The van der Waals surface area contributed by atoms with Crippen molar-refractivity contribution in [3.8, 4) is 0 Å². The average Bonchev–Trinajstić information content (AvgIpc) is 3.05. The number of thioether (sulfide) groups is 1. The van der Waals surface area contributed by atoms with Crippen LogP contribution in [-0.2, 0) is 4.79 Å². The highest BCUT2D eigenvalue weighted by molar-refractivity contribution is 7.99. The Bertz CT molecular complexity index is 438. The Morgan fingerprint density at radius 2 is 2.22 bits per heavy atom.